The largest absolute Gasteiger partial charge is 0.374 e. The maximum absolute atomic E-state index is 5.42. The van der Waals surface area contributed by atoms with Gasteiger partial charge in [-0.25, -0.2) is 9.97 Å². The molecule has 2 rings (SSSR count). The van der Waals surface area contributed by atoms with Crippen LogP contribution in [0, 0.1) is 11.3 Å². The number of anilines is 2. The van der Waals surface area contributed by atoms with Crippen molar-refractivity contribution in [1.82, 2.24) is 9.97 Å². The second-order valence-electron chi connectivity index (χ2n) is 6.39. The van der Waals surface area contributed by atoms with Crippen molar-refractivity contribution >= 4 is 11.6 Å². The van der Waals surface area contributed by atoms with Gasteiger partial charge in [-0.05, 0) is 31.1 Å². The molecule has 0 spiro atoms. The molecule has 5 nitrogen and oxygen atoms in total. The van der Waals surface area contributed by atoms with Gasteiger partial charge in [0.25, 0.3) is 0 Å². The van der Waals surface area contributed by atoms with Crippen molar-refractivity contribution < 1.29 is 4.74 Å². The first-order valence-electron chi connectivity index (χ1n) is 7.98. The van der Waals surface area contributed by atoms with E-state index in [1.54, 1.807) is 0 Å². The fraction of sp³-hybridized carbons (Fsp3) is 0.750. The first-order valence-corrected chi connectivity index (χ1v) is 7.98. The summed E-state index contributed by atoms with van der Waals surface area (Å²) in [5.74, 6) is 3.24. The Morgan fingerprint density at radius 1 is 1.24 bits per heavy atom. The van der Waals surface area contributed by atoms with Gasteiger partial charge in [-0.2, -0.15) is 0 Å². The van der Waals surface area contributed by atoms with Crippen molar-refractivity contribution in [2.24, 2.45) is 11.3 Å². The van der Waals surface area contributed by atoms with Crippen molar-refractivity contribution in [3.63, 3.8) is 0 Å². The molecule has 1 atom stereocenters. The molecule has 1 saturated carbocycles. The third-order valence-electron chi connectivity index (χ3n) is 4.01. The van der Waals surface area contributed by atoms with E-state index in [0.717, 1.165) is 42.9 Å². The van der Waals surface area contributed by atoms with Crippen molar-refractivity contribution in [1.29, 1.82) is 0 Å². The Morgan fingerprint density at radius 3 is 2.48 bits per heavy atom. The lowest BCUT2D eigenvalue weighted by molar-refractivity contribution is 0.128. The highest BCUT2D eigenvalue weighted by atomic mass is 16.5. The average molecular weight is 292 g/mol. The first kappa shape index (κ1) is 16.0. The molecule has 0 saturated heterocycles. The molecular weight excluding hydrogens is 264 g/mol. The fourth-order valence-electron chi connectivity index (χ4n) is 2.34. The van der Waals surface area contributed by atoms with E-state index in [1.807, 2.05) is 13.0 Å². The lowest BCUT2D eigenvalue weighted by atomic mass is 10.1. The van der Waals surface area contributed by atoms with Gasteiger partial charge in [0.15, 0.2) is 5.82 Å². The summed E-state index contributed by atoms with van der Waals surface area (Å²) in [5, 5.41) is 6.77. The minimum Gasteiger partial charge on any atom is -0.374 e. The van der Waals surface area contributed by atoms with Crippen molar-refractivity contribution in [2.75, 3.05) is 30.3 Å². The van der Waals surface area contributed by atoms with E-state index >= 15 is 0 Å². The molecular formula is C16H28N4O. The van der Waals surface area contributed by atoms with E-state index in [-0.39, 0.29) is 0 Å². The maximum atomic E-state index is 5.42. The van der Waals surface area contributed by atoms with Gasteiger partial charge in [-0.1, -0.05) is 20.8 Å². The van der Waals surface area contributed by atoms with Crippen LogP contribution >= 0.6 is 0 Å². The minimum atomic E-state index is 0.460. The molecule has 1 aliphatic carbocycles. The summed E-state index contributed by atoms with van der Waals surface area (Å²) in [6, 6.07) is 1.99. The van der Waals surface area contributed by atoms with E-state index in [0.29, 0.717) is 18.6 Å². The third kappa shape index (κ3) is 4.84. The summed E-state index contributed by atoms with van der Waals surface area (Å²) < 4.78 is 5.42. The lowest BCUT2D eigenvalue weighted by Crippen LogP contribution is -2.12. The predicted octanol–water partition coefficient (Wildman–Crippen LogP) is 3.29. The summed E-state index contributed by atoms with van der Waals surface area (Å²) in [7, 11) is 0. The van der Waals surface area contributed by atoms with Gasteiger partial charge in [-0.15, -0.1) is 0 Å². The van der Waals surface area contributed by atoms with Crippen molar-refractivity contribution in [3.8, 4) is 0 Å². The van der Waals surface area contributed by atoms with Crippen LogP contribution in [0.5, 0.6) is 0 Å². The molecule has 2 N–H and O–H groups in total. The van der Waals surface area contributed by atoms with E-state index in [9.17, 15) is 0 Å². The number of aromatic nitrogens is 2. The average Bonchev–Trinajstić information content (AvgIpc) is 3.08. The molecule has 1 aliphatic rings. The highest BCUT2D eigenvalue weighted by molar-refractivity contribution is 5.47. The topological polar surface area (TPSA) is 59.1 Å². The number of nitrogens with zero attached hydrogens (tertiary/aromatic N) is 2. The van der Waals surface area contributed by atoms with Gasteiger partial charge in [0.1, 0.15) is 18.2 Å². The second kappa shape index (κ2) is 7.07. The summed E-state index contributed by atoms with van der Waals surface area (Å²) in [5.41, 5.74) is 0.484. The Kier molecular flexibility index (Phi) is 5.39. The maximum Gasteiger partial charge on any atom is 0.158 e. The quantitative estimate of drug-likeness (QED) is 0.731. The molecule has 0 bridgehead atoms. The molecule has 1 heterocycles. The smallest absolute Gasteiger partial charge is 0.158 e. The lowest BCUT2D eigenvalue weighted by Gasteiger charge is -2.11. The summed E-state index contributed by atoms with van der Waals surface area (Å²) in [6.07, 6.45) is 2.36. The zero-order chi connectivity index (χ0) is 15.3. The van der Waals surface area contributed by atoms with Crippen LogP contribution in [0.2, 0.25) is 0 Å². The Bertz CT molecular complexity index is 435. The SMILES string of the molecule is CCCNc1cc(NCC2CC2(C)C)nc(COCC)n1. The van der Waals surface area contributed by atoms with E-state index in [4.69, 9.17) is 4.74 Å². The number of nitrogens with one attached hydrogen (secondary N) is 2. The fourth-order valence-corrected chi connectivity index (χ4v) is 2.34. The van der Waals surface area contributed by atoms with Gasteiger partial charge in [0.2, 0.25) is 0 Å². The van der Waals surface area contributed by atoms with Gasteiger partial charge in [0.05, 0.1) is 0 Å². The summed E-state index contributed by atoms with van der Waals surface area (Å²) in [4.78, 5) is 9.03. The molecule has 118 valence electrons. The van der Waals surface area contributed by atoms with Crippen LogP contribution in [0.25, 0.3) is 0 Å². The van der Waals surface area contributed by atoms with Crippen LogP contribution in [-0.2, 0) is 11.3 Å². The molecule has 1 unspecified atom stereocenters. The number of hydrogen-bond donors (Lipinski definition) is 2. The molecule has 1 fully saturated rings. The van der Waals surface area contributed by atoms with Gasteiger partial charge in [0, 0.05) is 25.8 Å². The predicted molar refractivity (Wildman–Crippen MR) is 86.5 cm³/mol. The summed E-state index contributed by atoms with van der Waals surface area (Å²) in [6.45, 7) is 11.8. The zero-order valence-electron chi connectivity index (χ0n) is 13.7. The summed E-state index contributed by atoms with van der Waals surface area (Å²) >= 11 is 0. The number of rotatable bonds is 9. The van der Waals surface area contributed by atoms with Crippen LogP contribution in [0.4, 0.5) is 11.6 Å². The molecule has 0 aromatic carbocycles. The van der Waals surface area contributed by atoms with E-state index in [2.05, 4.69) is 41.4 Å². The Labute approximate surface area is 127 Å². The standard InChI is InChI=1S/C16H28N4O/c1-5-7-17-13-8-14(18-10-12-9-16(12,3)4)20-15(19-13)11-21-6-2/h8,12H,5-7,9-11H2,1-4H3,(H2,17,18,19,20). The van der Waals surface area contributed by atoms with Crippen molar-refractivity contribution in [2.45, 2.75) is 47.1 Å². The Balaban J connectivity index is 1.99. The highest BCUT2D eigenvalue weighted by Crippen LogP contribution is 2.51. The zero-order valence-corrected chi connectivity index (χ0v) is 13.7. The van der Waals surface area contributed by atoms with Crippen LogP contribution in [0.3, 0.4) is 0 Å². The molecule has 0 amide bonds. The molecule has 0 aliphatic heterocycles. The van der Waals surface area contributed by atoms with Crippen LogP contribution in [0.1, 0.15) is 46.4 Å². The van der Waals surface area contributed by atoms with Crippen LogP contribution in [-0.4, -0.2) is 29.7 Å². The van der Waals surface area contributed by atoms with Crippen LogP contribution < -0.4 is 10.6 Å². The van der Waals surface area contributed by atoms with Crippen LogP contribution in [0.15, 0.2) is 6.07 Å². The van der Waals surface area contributed by atoms with E-state index < -0.39 is 0 Å². The monoisotopic (exact) mass is 292 g/mol. The molecule has 1 aromatic rings. The van der Waals surface area contributed by atoms with Crippen molar-refractivity contribution in [3.05, 3.63) is 11.9 Å². The van der Waals surface area contributed by atoms with Gasteiger partial charge >= 0.3 is 0 Å². The molecule has 5 heteroatoms. The van der Waals surface area contributed by atoms with Gasteiger partial charge in [-0.3, -0.25) is 0 Å². The first-order chi connectivity index (χ1) is 10.0. The molecule has 21 heavy (non-hydrogen) atoms. The molecule has 0 radical (unpaired) electrons. The highest BCUT2D eigenvalue weighted by Gasteiger charge is 2.44. The number of ether oxygens (including phenoxy) is 1. The minimum absolute atomic E-state index is 0.460. The number of hydrogen-bond acceptors (Lipinski definition) is 5. The Morgan fingerprint density at radius 2 is 1.90 bits per heavy atom. The third-order valence-corrected chi connectivity index (χ3v) is 4.01. The van der Waals surface area contributed by atoms with Gasteiger partial charge < -0.3 is 15.4 Å². The normalized spacial score (nSPS) is 19.3. The van der Waals surface area contributed by atoms with E-state index in [1.165, 1.54) is 6.42 Å². The Hall–Kier alpha value is -1.36. The second-order valence-corrected chi connectivity index (χ2v) is 6.39. The molecule has 1 aromatic heterocycles.